The van der Waals surface area contributed by atoms with Crippen molar-refractivity contribution in [3.63, 3.8) is 0 Å². The Morgan fingerprint density at radius 1 is 1.43 bits per heavy atom. The molecule has 0 aliphatic heterocycles. The summed E-state index contributed by atoms with van der Waals surface area (Å²) in [6.45, 7) is 5.96. The fraction of sp³-hybridized carbons (Fsp3) is 0.750. The summed E-state index contributed by atoms with van der Waals surface area (Å²) in [7, 11) is 0. The normalized spacial score (nSPS) is 21.1. The Hall–Kier alpha value is -0.0200. The van der Waals surface area contributed by atoms with E-state index >= 15 is 0 Å². The Morgan fingerprint density at radius 2 is 2.26 bits per heavy atom. The molecule has 0 radical (unpaired) electrons. The Balaban J connectivity index is 0.00000264. The first kappa shape index (κ1) is 21.0. The summed E-state index contributed by atoms with van der Waals surface area (Å²) in [5, 5.41) is 11.1. The number of halogens is 1. The molecule has 23 heavy (non-hydrogen) atoms. The van der Waals surface area contributed by atoms with Crippen molar-refractivity contribution in [3.8, 4) is 0 Å². The fourth-order valence-corrected chi connectivity index (χ4v) is 4.28. The molecule has 132 valence electrons. The second-order valence-electron chi connectivity index (χ2n) is 5.61. The van der Waals surface area contributed by atoms with Crippen molar-refractivity contribution in [1.29, 1.82) is 0 Å². The molecule has 0 aromatic carbocycles. The van der Waals surface area contributed by atoms with Crippen molar-refractivity contribution in [2.75, 3.05) is 19.3 Å². The van der Waals surface area contributed by atoms with Gasteiger partial charge in [0.25, 0.3) is 0 Å². The highest BCUT2D eigenvalue weighted by Gasteiger charge is 2.24. The molecule has 1 aliphatic rings. The van der Waals surface area contributed by atoms with E-state index in [0.717, 1.165) is 37.1 Å². The van der Waals surface area contributed by atoms with Crippen LogP contribution in [0, 0.1) is 0 Å². The van der Waals surface area contributed by atoms with Crippen LogP contribution in [0.1, 0.15) is 43.8 Å². The highest BCUT2D eigenvalue weighted by atomic mass is 127. The van der Waals surface area contributed by atoms with Gasteiger partial charge in [-0.25, -0.2) is 4.98 Å². The summed E-state index contributed by atoms with van der Waals surface area (Å²) in [5.74, 6) is 0.959. The van der Waals surface area contributed by atoms with Crippen molar-refractivity contribution in [3.05, 3.63) is 16.1 Å². The Bertz CT molecular complexity index is 478. The molecule has 1 fully saturated rings. The summed E-state index contributed by atoms with van der Waals surface area (Å²) in [6, 6.07) is 0.571. The van der Waals surface area contributed by atoms with Gasteiger partial charge in [-0.15, -0.1) is 35.3 Å². The Morgan fingerprint density at radius 3 is 2.87 bits per heavy atom. The van der Waals surface area contributed by atoms with Crippen LogP contribution < -0.4 is 10.6 Å². The zero-order valence-corrected chi connectivity index (χ0v) is 18.3. The first-order valence-electron chi connectivity index (χ1n) is 8.26. The number of nitrogens with one attached hydrogen (secondary N) is 2. The largest absolute Gasteiger partial charge is 0.357 e. The van der Waals surface area contributed by atoms with Crippen molar-refractivity contribution in [1.82, 2.24) is 15.6 Å². The number of nitrogens with zero attached hydrogens (tertiary/aromatic N) is 2. The SMILES string of the molecule is CCNC(=NCCc1csc(CC)n1)NC1CCC(SC)C1.I. The van der Waals surface area contributed by atoms with Gasteiger partial charge in [-0.05, 0) is 38.9 Å². The quantitative estimate of drug-likeness (QED) is 0.364. The number of aromatic nitrogens is 1. The average Bonchev–Trinajstić information content (AvgIpc) is 3.16. The smallest absolute Gasteiger partial charge is 0.191 e. The number of hydrogen-bond acceptors (Lipinski definition) is 4. The summed E-state index contributed by atoms with van der Waals surface area (Å²) in [4.78, 5) is 9.31. The monoisotopic (exact) mass is 468 g/mol. The average molecular weight is 468 g/mol. The number of rotatable bonds is 7. The topological polar surface area (TPSA) is 49.3 Å². The van der Waals surface area contributed by atoms with E-state index in [1.165, 1.54) is 30.0 Å². The zero-order valence-electron chi connectivity index (χ0n) is 14.3. The van der Waals surface area contributed by atoms with Crippen molar-refractivity contribution < 1.29 is 0 Å². The summed E-state index contributed by atoms with van der Waals surface area (Å²) in [5.41, 5.74) is 1.17. The van der Waals surface area contributed by atoms with Crippen LogP contribution in [-0.2, 0) is 12.8 Å². The van der Waals surface area contributed by atoms with Gasteiger partial charge < -0.3 is 10.6 Å². The number of guanidine groups is 1. The Labute approximate surface area is 165 Å². The molecule has 0 saturated heterocycles. The van der Waals surface area contributed by atoms with E-state index in [1.54, 1.807) is 11.3 Å². The van der Waals surface area contributed by atoms with E-state index in [0.29, 0.717) is 6.04 Å². The van der Waals surface area contributed by atoms with Crippen LogP contribution >= 0.6 is 47.1 Å². The van der Waals surface area contributed by atoms with Gasteiger partial charge in [0.1, 0.15) is 0 Å². The Kier molecular flexibility index (Phi) is 10.5. The third-order valence-corrected chi connectivity index (χ3v) is 6.08. The first-order chi connectivity index (χ1) is 10.7. The molecule has 0 bridgehead atoms. The van der Waals surface area contributed by atoms with Crippen LogP contribution in [0.25, 0.3) is 0 Å². The lowest BCUT2D eigenvalue weighted by Crippen LogP contribution is -2.42. The standard InChI is InChI=1S/C16H28N4S2.HI/c1-4-15-19-13(11-22-15)8-9-18-16(17-5-2)20-12-6-7-14(10-12)21-3;/h11-12,14H,4-10H2,1-3H3,(H2,17,18,20);1H. The number of thiazole rings is 1. The van der Waals surface area contributed by atoms with Gasteiger partial charge in [0, 0.05) is 36.2 Å². The number of thioether (sulfide) groups is 1. The van der Waals surface area contributed by atoms with Crippen LogP contribution in [-0.4, -0.2) is 41.6 Å². The van der Waals surface area contributed by atoms with Crippen molar-refractivity contribution in [2.24, 2.45) is 4.99 Å². The minimum atomic E-state index is 0. The predicted molar refractivity (Wildman–Crippen MR) is 115 cm³/mol. The molecule has 2 atom stereocenters. The molecular weight excluding hydrogens is 439 g/mol. The second kappa shape index (κ2) is 11.5. The highest BCUT2D eigenvalue weighted by molar-refractivity contribution is 14.0. The minimum absolute atomic E-state index is 0. The number of aliphatic imine (C=N–C) groups is 1. The van der Waals surface area contributed by atoms with Crippen LogP contribution in [0.2, 0.25) is 0 Å². The maximum absolute atomic E-state index is 4.71. The third kappa shape index (κ3) is 7.17. The molecule has 1 aromatic heterocycles. The van der Waals surface area contributed by atoms with Gasteiger partial charge >= 0.3 is 0 Å². The molecule has 1 aromatic rings. The van der Waals surface area contributed by atoms with E-state index in [1.807, 2.05) is 11.8 Å². The summed E-state index contributed by atoms with van der Waals surface area (Å²) < 4.78 is 0. The van der Waals surface area contributed by atoms with E-state index < -0.39 is 0 Å². The van der Waals surface area contributed by atoms with Gasteiger partial charge in [0.05, 0.1) is 10.7 Å². The zero-order chi connectivity index (χ0) is 15.8. The van der Waals surface area contributed by atoms with E-state index in [2.05, 4.69) is 41.1 Å². The molecule has 0 amide bonds. The van der Waals surface area contributed by atoms with Gasteiger partial charge in [-0.3, -0.25) is 4.99 Å². The van der Waals surface area contributed by atoms with E-state index in [-0.39, 0.29) is 24.0 Å². The molecule has 2 unspecified atom stereocenters. The predicted octanol–water partition coefficient (Wildman–Crippen LogP) is 3.71. The van der Waals surface area contributed by atoms with Crippen LogP contribution in [0.3, 0.4) is 0 Å². The van der Waals surface area contributed by atoms with E-state index in [9.17, 15) is 0 Å². The molecular formula is C16H29IN4S2. The third-order valence-electron chi connectivity index (χ3n) is 3.94. The molecule has 1 saturated carbocycles. The van der Waals surface area contributed by atoms with Crippen molar-refractivity contribution in [2.45, 2.75) is 57.2 Å². The first-order valence-corrected chi connectivity index (χ1v) is 10.4. The molecule has 1 heterocycles. The minimum Gasteiger partial charge on any atom is -0.357 e. The highest BCUT2D eigenvalue weighted by Crippen LogP contribution is 2.27. The fourth-order valence-electron chi connectivity index (χ4n) is 2.71. The lowest BCUT2D eigenvalue weighted by molar-refractivity contribution is 0.615. The van der Waals surface area contributed by atoms with Gasteiger partial charge in [-0.2, -0.15) is 11.8 Å². The molecule has 2 rings (SSSR count). The lowest BCUT2D eigenvalue weighted by atomic mass is 10.2. The maximum Gasteiger partial charge on any atom is 0.191 e. The van der Waals surface area contributed by atoms with Gasteiger partial charge in [-0.1, -0.05) is 6.92 Å². The molecule has 0 spiro atoms. The second-order valence-corrected chi connectivity index (χ2v) is 7.69. The van der Waals surface area contributed by atoms with Crippen molar-refractivity contribution >= 4 is 53.0 Å². The molecule has 7 heteroatoms. The molecule has 4 nitrogen and oxygen atoms in total. The van der Waals surface area contributed by atoms with Crippen LogP contribution in [0.15, 0.2) is 10.4 Å². The van der Waals surface area contributed by atoms with Gasteiger partial charge in [0.15, 0.2) is 5.96 Å². The molecule has 1 aliphatic carbocycles. The summed E-state index contributed by atoms with van der Waals surface area (Å²) in [6.07, 6.45) is 7.97. The maximum atomic E-state index is 4.71. The molecule has 2 N–H and O–H groups in total. The lowest BCUT2D eigenvalue weighted by Gasteiger charge is -2.17. The van der Waals surface area contributed by atoms with Crippen LogP contribution in [0.5, 0.6) is 0 Å². The van der Waals surface area contributed by atoms with Gasteiger partial charge in [0.2, 0.25) is 0 Å². The number of hydrogen-bond donors (Lipinski definition) is 2. The van der Waals surface area contributed by atoms with Crippen LogP contribution in [0.4, 0.5) is 0 Å². The summed E-state index contributed by atoms with van der Waals surface area (Å²) >= 11 is 3.74. The number of aryl methyl sites for hydroxylation is 1. The van der Waals surface area contributed by atoms with E-state index in [4.69, 9.17) is 4.99 Å².